The van der Waals surface area contributed by atoms with Gasteiger partial charge in [0, 0.05) is 25.7 Å². The van der Waals surface area contributed by atoms with Gasteiger partial charge in [-0.2, -0.15) is 12.7 Å². The molecule has 0 aromatic carbocycles. The third-order valence-electron chi connectivity index (χ3n) is 5.25. The SMILES string of the molecule is CCC1CCC(CNS(=O)(=O)N2CCCCC2CN)CC1. The molecular formula is C15H31N3O2S. The minimum atomic E-state index is -3.36. The van der Waals surface area contributed by atoms with Crippen molar-refractivity contribution in [2.75, 3.05) is 19.6 Å². The summed E-state index contributed by atoms with van der Waals surface area (Å²) in [5.41, 5.74) is 5.73. The van der Waals surface area contributed by atoms with Crippen LogP contribution >= 0.6 is 0 Å². The molecule has 5 nitrogen and oxygen atoms in total. The average molecular weight is 317 g/mol. The number of rotatable bonds is 6. The van der Waals surface area contributed by atoms with Gasteiger partial charge in [0.05, 0.1) is 0 Å². The summed E-state index contributed by atoms with van der Waals surface area (Å²) in [5.74, 6) is 1.35. The van der Waals surface area contributed by atoms with E-state index in [1.807, 2.05) is 0 Å². The molecule has 2 aliphatic rings. The summed E-state index contributed by atoms with van der Waals surface area (Å²) in [6.07, 6.45) is 8.97. The van der Waals surface area contributed by atoms with Gasteiger partial charge in [0.25, 0.3) is 10.2 Å². The van der Waals surface area contributed by atoms with Crippen molar-refractivity contribution < 1.29 is 8.42 Å². The monoisotopic (exact) mass is 317 g/mol. The third kappa shape index (κ3) is 4.65. The molecule has 0 amide bonds. The van der Waals surface area contributed by atoms with Crippen molar-refractivity contribution >= 4 is 10.2 Å². The van der Waals surface area contributed by atoms with Gasteiger partial charge in [-0.25, -0.2) is 4.72 Å². The molecule has 2 rings (SSSR count). The van der Waals surface area contributed by atoms with Crippen LogP contribution < -0.4 is 10.5 Å². The van der Waals surface area contributed by atoms with Gasteiger partial charge in [0.2, 0.25) is 0 Å². The molecule has 1 saturated heterocycles. The molecule has 1 heterocycles. The zero-order valence-corrected chi connectivity index (χ0v) is 14.1. The van der Waals surface area contributed by atoms with Crippen LogP contribution in [0, 0.1) is 11.8 Å². The number of hydrogen-bond donors (Lipinski definition) is 2. The Balaban J connectivity index is 1.83. The highest BCUT2D eigenvalue weighted by Gasteiger charge is 2.32. The molecular weight excluding hydrogens is 286 g/mol. The van der Waals surface area contributed by atoms with E-state index in [4.69, 9.17) is 5.73 Å². The smallest absolute Gasteiger partial charge is 0.279 e. The van der Waals surface area contributed by atoms with Crippen molar-refractivity contribution in [3.63, 3.8) is 0 Å². The van der Waals surface area contributed by atoms with Crippen molar-refractivity contribution in [1.29, 1.82) is 0 Å². The lowest BCUT2D eigenvalue weighted by Gasteiger charge is -2.34. The number of nitrogens with two attached hydrogens (primary N) is 1. The fourth-order valence-corrected chi connectivity index (χ4v) is 5.24. The van der Waals surface area contributed by atoms with Crippen LogP contribution in [-0.4, -0.2) is 38.4 Å². The second-order valence-electron chi connectivity index (χ2n) is 6.64. The van der Waals surface area contributed by atoms with Crippen molar-refractivity contribution in [3.8, 4) is 0 Å². The zero-order valence-electron chi connectivity index (χ0n) is 13.3. The van der Waals surface area contributed by atoms with Crippen LogP contribution in [0.1, 0.15) is 58.3 Å². The largest absolute Gasteiger partial charge is 0.329 e. The summed E-state index contributed by atoms with van der Waals surface area (Å²) in [6, 6.07) is -0.0212. The van der Waals surface area contributed by atoms with Gasteiger partial charge < -0.3 is 5.73 Å². The number of hydrogen-bond acceptors (Lipinski definition) is 3. The van der Waals surface area contributed by atoms with E-state index in [1.54, 1.807) is 4.31 Å². The second-order valence-corrected chi connectivity index (χ2v) is 8.35. The maximum absolute atomic E-state index is 12.5. The van der Waals surface area contributed by atoms with E-state index < -0.39 is 10.2 Å². The summed E-state index contributed by atoms with van der Waals surface area (Å²) in [4.78, 5) is 0. The average Bonchev–Trinajstić information content (AvgIpc) is 2.53. The van der Waals surface area contributed by atoms with Crippen molar-refractivity contribution in [2.45, 2.75) is 64.3 Å². The van der Waals surface area contributed by atoms with Crippen LogP contribution in [0.25, 0.3) is 0 Å². The topological polar surface area (TPSA) is 75.4 Å². The van der Waals surface area contributed by atoms with Crippen molar-refractivity contribution in [2.24, 2.45) is 17.6 Å². The van der Waals surface area contributed by atoms with Crippen molar-refractivity contribution in [3.05, 3.63) is 0 Å². The minimum absolute atomic E-state index is 0.0212. The molecule has 1 saturated carbocycles. The Hall–Kier alpha value is -0.170. The van der Waals surface area contributed by atoms with Gasteiger partial charge in [-0.3, -0.25) is 0 Å². The molecule has 0 bridgehead atoms. The molecule has 0 aromatic rings. The Morgan fingerprint density at radius 3 is 2.38 bits per heavy atom. The molecule has 21 heavy (non-hydrogen) atoms. The molecule has 1 aliphatic carbocycles. The van der Waals surface area contributed by atoms with Crippen LogP contribution in [0.15, 0.2) is 0 Å². The first kappa shape index (κ1) is 17.2. The predicted molar refractivity (Wildman–Crippen MR) is 86.1 cm³/mol. The maximum atomic E-state index is 12.5. The third-order valence-corrected chi connectivity index (χ3v) is 6.88. The molecule has 0 spiro atoms. The highest BCUT2D eigenvalue weighted by Crippen LogP contribution is 2.30. The molecule has 6 heteroatoms. The normalized spacial score (nSPS) is 32.2. The summed E-state index contributed by atoms with van der Waals surface area (Å²) < 4.78 is 29.4. The van der Waals surface area contributed by atoms with Gasteiger partial charge in [0.15, 0.2) is 0 Å². The molecule has 0 aromatic heterocycles. The first-order valence-corrected chi connectivity index (χ1v) is 9.97. The fraction of sp³-hybridized carbons (Fsp3) is 1.00. The Labute approximate surface area is 129 Å². The van der Waals surface area contributed by atoms with Gasteiger partial charge in [-0.05, 0) is 37.5 Å². The van der Waals surface area contributed by atoms with Crippen LogP contribution in [0.2, 0.25) is 0 Å². The summed E-state index contributed by atoms with van der Waals surface area (Å²) in [6.45, 7) is 3.87. The standard InChI is InChI=1S/C15H31N3O2S/c1-2-13-6-8-14(9-7-13)12-17-21(19,20)18-10-4-3-5-15(18)11-16/h13-15,17H,2-12,16H2,1H3. The van der Waals surface area contributed by atoms with Gasteiger partial charge in [-0.15, -0.1) is 0 Å². The predicted octanol–water partition coefficient (Wildman–Crippen LogP) is 1.85. The van der Waals surface area contributed by atoms with Crippen LogP contribution in [0.3, 0.4) is 0 Å². The Kier molecular flexibility index (Phi) is 6.47. The molecule has 1 aliphatic heterocycles. The van der Waals surface area contributed by atoms with Crippen LogP contribution in [0.5, 0.6) is 0 Å². The molecule has 1 atom stereocenters. The van der Waals surface area contributed by atoms with E-state index in [-0.39, 0.29) is 6.04 Å². The minimum Gasteiger partial charge on any atom is -0.329 e. The van der Waals surface area contributed by atoms with E-state index in [1.165, 1.54) is 19.3 Å². The highest BCUT2D eigenvalue weighted by molar-refractivity contribution is 7.87. The van der Waals surface area contributed by atoms with Gasteiger partial charge in [0.1, 0.15) is 0 Å². The number of nitrogens with one attached hydrogen (secondary N) is 1. The summed E-state index contributed by atoms with van der Waals surface area (Å²) in [7, 11) is -3.36. The van der Waals surface area contributed by atoms with Crippen LogP contribution in [0.4, 0.5) is 0 Å². The van der Waals surface area contributed by atoms with E-state index >= 15 is 0 Å². The lowest BCUT2D eigenvalue weighted by Crippen LogP contribution is -2.52. The molecule has 3 N–H and O–H groups in total. The summed E-state index contributed by atoms with van der Waals surface area (Å²) in [5, 5.41) is 0. The lowest BCUT2D eigenvalue weighted by atomic mass is 9.81. The molecule has 2 fully saturated rings. The highest BCUT2D eigenvalue weighted by atomic mass is 32.2. The Morgan fingerprint density at radius 2 is 1.76 bits per heavy atom. The first-order chi connectivity index (χ1) is 10.1. The zero-order chi connectivity index (χ0) is 15.3. The number of piperidine rings is 1. The Bertz CT molecular complexity index is 405. The van der Waals surface area contributed by atoms with Crippen molar-refractivity contribution in [1.82, 2.24) is 9.03 Å². The fourth-order valence-electron chi connectivity index (χ4n) is 3.68. The molecule has 0 radical (unpaired) electrons. The first-order valence-electron chi connectivity index (χ1n) is 8.53. The molecule has 124 valence electrons. The van der Waals surface area contributed by atoms with E-state index in [0.717, 1.165) is 38.0 Å². The Morgan fingerprint density at radius 1 is 1.10 bits per heavy atom. The summed E-state index contributed by atoms with van der Waals surface area (Å²) >= 11 is 0. The van der Waals surface area contributed by atoms with Gasteiger partial charge >= 0.3 is 0 Å². The van der Waals surface area contributed by atoms with E-state index in [0.29, 0.717) is 25.6 Å². The lowest BCUT2D eigenvalue weighted by molar-refractivity contribution is 0.247. The van der Waals surface area contributed by atoms with Crippen LogP contribution in [-0.2, 0) is 10.2 Å². The quantitative estimate of drug-likeness (QED) is 0.785. The van der Waals surface area contributed by atoms with E-state index in [2.05, 4.69) is 11.6 Å². The second kappa shape index (κ2) is 7.90. The van der Waals surface area contributed by atoms with E-state index in [9.17, 15) is 8.42 Å². The van der Waals surface area contributed by atoms with Gasteiger partial charge in [-0.1, -0.05) is 32.6 Å². The number of nitrogens with zero attached hydrogens (tertiary/aromatic N) is 1. The maximum Gasteiger partial charge on any atom is 0.279 e. The molecule has 1 unspecified atom stereocenters.